The summed E-state index contributed by atoms with van der Waals surface area (Å²) in [6.45, 7) is 4.91. The molecule has 0 aliphatic carbocycles. The van der Waals surface area contributed by atoms with E-state index in [1.54, 1.807) is 11.8 Å². The second kappa shape index (κ2) is 4.65. The molecule has 0 aliphatic rings. The lowest BCUT2D eigenvalue weighted by molar-refractivity contribution is -0.129. The van der Waals surface area contributed by atoms with Crippen LogP contribution in [0.4, 0.5) is 5.69 Å². The van der Waals surface area contributed by atoms with Crippen molar-refractivity contribution in [3.63, 3.8) is 0 Å². The Hall–Kier alpha value is -1.51. The van der Waals surface area contributed by atoms with Crippen molar-refractivity contribution in [2.45, 2.75) is 20.4 Å². The van der Waals surface area contributed by atoms with Crippen LogP contribution in [0.3, 0.4) is 0 Å². The van der Waals surface area contributed by atoms with E-state index < -0.39 is 0 Å². The number of nitrogens with two attached hydrogens (primary N) is 1. The fraction of sp³-hybridized carbons (Fsp3) is 0.364. The van der Waals surface area contributed by atoms with E-state index in [1.807, 2.05) is 31.2 Å². The lowest BCUT2D eigenvalue weighted by atomic mass is 10.2. The van der Waals surface area contributed by atoms with Crippen molar-refractivity contribution in [1.82, 2.24) is 4.90 Å². The molecule has 1 aromatic rings. The van der Waals surface area contributed by atoms with Crippen LogP contribution in [0.1, 0.15) is 19.4 Å². The Kier molecular flexibility index (Phi) is 3.51. The van der Waals surface area contributed by atoms with Crippen LogP contribution in [0, 0.1) is 0 Å². The van der Waals surface area contributed by atoms with E-state index in [-0.39, 0.29) is 5.91 Å². The predicted molar refractivity (Wildman–Crippen MR) is 57.6 cm³/mol. The lowest BCUT2D eigenvalue weighted by Gasteiger charge is -2.18. The van der Waals surface area contributed by atoms with Gasteiger partial charge >= 0.3 is 0 Å². The molecule has 3 nitrogen and oxygen atoms in total. The molecular formula is C11H16N2O. The van der Waals surface area contributed by atoms with Gasteiger partial charge in [-0.3, -0.25) is 4.79 Å². The summed E-state index contributed by atoms with van der Waals surface area (Å²) in [5.41, 5.74) is 7.46. The van der Waals surface area contributed by atoms with Gasteiger partial charge in [0.1, 0.15) is 0 Å². The maximum atomic E-state index is 11.2. The molecule has 2 N–H and O–H groups in total. The summed E-state index contributed by atoms with van der Waals surface area (Å²) in [6, 6.07) is 7.61. The van der Waals surface area contributed by atoms with Crippen LogP contribution < -0.4 is 5.73 Å². The van der Waals surface area contributed by atoms with E-state index in [2.05, 4.69) is 0 Å². The standard InChI is InChI=1S/C11H16N2O/c1-3-13(9(2)14)8-10-5-4-6-11(12)7-10/h4-7H,3,8,12H2,1-2H3. The van der Waals surface area contributed by atoms with Crippen molar-refractivity contribution >= 4 is 11.6 Å². The Morgan fingerprint density at radius 1 is 1.50 bits per heavy atom. The minimum Gasteiger partial charge on any atom is -0.399 e. The van der Waals surface area contributed by atoms with Gasteiger partial charge in [-0.2, -0.15) is 0 Å². The predicted octanol–water partition coefficient (Wildman–Crippen LogP) is 1.64. The van der Waals surface area contributed by atoms with E-state index in [0.717, 1.165) is 17.8 Å². The van der Waals surface area contributed by atoms with Gasteiger partial charge in [-0.05, 0) is 24.6 Å². The molecule has 14 heavy (non-hydrogen) atoms. The van der Waals surface area contributed by atoms with Crippen LogP contribution in [0.5, 0.6) is 0 Å². The second-order valence-electron chi connectivity index (χ2n) is 3.28. The number of benzene rings is 1. The molecule has 0 bridgehead atoms. The number of amides is 1. The van der Waals surface area contributed by atoms with Crippen LogP contribution in [-0.2, 0) is 11.3 Å². The average molecular weight is 192 g/mol. The highest BCUT2D eigenvalue weighted by atomic mass is 16.2. The highest BCUT2D eigenvalue weighted by molar-refractivity contribution is 5.73. The van der Waals surface area contributed by atoms with Gasteiger partial charge in [0, 0.05) is 25.7 Å². The second-order valence-corrected chi connectivity index (χ2v) is 3.28. The average Bonchev–Trinajstić information content (AvgIpc) is 2.14. The molecule has 1 rings (SSSR count). The van der Waals surface area contributed by atoms with Gasteiger partial charge < -0.3 is 10.6 Å². The van der Waals surface area contributed by atoms with Gasteiger partial charge in [0.15, 0.2) is 0 Å². The summed E-state index contributed by atoms with van der Waals surface area (Å²) in [5.74, 6) is 0.0925. The lowest BCUT2D eigenvalue weighted by Crippen LogP contribution is -2.27. The molecule has 0 radical (unpaired) electrons. The quantitative estimate of drug-likeness (QED) is 0.740. The van der Waals surface area contributed by atoms with Gasteiger partial charge in [-0.15, -0.1) is 0 Å². The van der Waals surface area contributed by atoms with Gasteiger partial charge in [0.2, 0.25) is 5.91 Å². The van der Waals surface area contributed by atoms with Gasteiger partial charge in [0.05, 0.1) is 0 Å². The molecular weight excluding hydrogens is 176 g/mol. The van der Waals surface area contributed by atoms with Crippen molar-refractivity contribution in [3.8, 4) is 0 Å². The number of carbonyl (C=O) groups is 1. The van der Waals surface area contributed by atoms with Crippen LogP contribution in [0.15, 0.2) is 24.3 Å². The van der Waals surface area contributed by atoms with Crippen LogP contribution in [-0.4, -0.2) is 17.4 Å². The molecule has 1 amide bonds. The van der Waals surface area contributed by atoms with Crippen molar-refractivity contribution in [2.75, 3.05) is 12.3 Å². The fourth-order valence-electron chi connectivity index (χ4n) is 1.36. The molecule has 0 fully saturated rings. The summed E-state index contributed by atoms with van der Waals surface area (Å²) >= 11 is 0. The Bertz CT molecular complexity index is 323. The van der Waals surface area contributed by atoms with Gasteiger partial charge in [0.25, 0.3) is 0 Å². The summed E-state index contributed by atoms with van der Waals surface area (Å²) in [6.07, 6.45) is 0. The normalized spacial score (nSPS) is 9.86. The molecule has 0 saturated heterocycles. The number of rotatable bonds is 3. The third-order valence-electron chi connectivity index (χ3n) is 2.15. The molecule has 0 atom stereocenters. The number of nitrogens with zero attached hydrogens (tertiary/aromatic N) is 1. The SMILES string of the molecule is CCN(Cc1cccc(N)c1)C(C)=O. The summed E-state index contributed by atoms with van der Waals surface area (Å²) in [7, 11) is 0. The Labute approximate surface area is 84.5 Å². The summed E-state index contributed by atoms with van der Waals surface area (Å²) in [4.78, 5) is 12.9. The van der Waals surface area contributed by atoms with E-state index in [1.165, 1.54) is 0 Å². The first-order valence-corrected chi connectivity index (χ1v) is 4.73. The third-order valence-corrected chi connectivity index (χ3v) is 2.15. The first kappa shape index (κ1) is 10.6. The van der Waals surface area contributed by atoms with Crippen molar-refractivity contribution < 1.29 is 4.79 Å². The van der Waals surface area contributed by atoms with Crippen molar-refractivity contribution in [2.24, 2.45) is 0 Å². The highest BCUT2D eigenvalue weighted by Gasteiger charge is 2.06. The molecule has 0 saturated carbocycles. The zero-order chi connectivity index (χ0) is 10.6. The third kappa shape index (κ3) is 2.76. The number of carbonyl (C=O) groups excluding carboxylic acids is 1. The molecule has 0 spiro atoms. The maximum absolute atomic E-state index is 11.2. The minimum atomic E-state index is 0.0925. The summed E-state index contributed by atoms with van der Waals surface area (Å²) in [5, 5.41) is 0. The molecule has 0 aromatic heterocycles. The van der Waals surface area contributed by atoms with Gasteiger partial charge in [-0.1, -0.05) is 12.1 Å². The molecule has 0 unspecified atom stereocenters. The fourth-order valence-corrected chi connectivity index (χ4v) is 1.36. The Morgan fingerprint density at radius 3 is 2.71 bits per heavy atom. The molecule has 0 heterocycles. The first-order valence-electron chi connectivity index (χ1n) is 4.73. The number of hydrogen-bond acceptors (Lipinski definition) is 2. The molecule has 0 aliphatic heterocycles. The van der Waals surface area contributed by atoms with Gasteiger partial charge in [-0.25, -0.2) is 0 Å². The van der Waals surface area contributed by atoms with Crippen molar-refractivity contribution in [1.29, 1.82) is 0 Å². The van der Waals surface area contributed by atoms with E-state index in [9.17, 15) is 4.79 Å². The van der Waals surface area contributed by atoms with E-state index >= 15 is 0 Å². The topological polar surface area (TPSA) is 46.3 Å². The highest BCUT2D eigenvalue weighted by Crippen LogP contribution is 2.09. The zero-order valence-electron chi connectivity index (χ0n) is 8.66. The van der Waals surface area contributed by atoms with E-state index in [0.29, 0.717) is 6.54 Å². The number of anilines is 1. The monoisotopic (exact) mass is 192 g/mol. The zero-order valence-corrected chi connectivity index (χ0v) is 8.66. The van der Waals surface area contributed by atoms with Crippen LogP contribution in [0.25, 0.3) is 0 Å². The minimum absolute atomic E-state index is 0.0925. The Morgan fingerprint density at radius 2 is 2.21 bits per heavy atom. The van der Waals surface area contributed by atoms with Crippen molar-refractivity contribution in [3.05, 3.63) is 29.8 Å². The molecule has 76 valence electrons. The number of nitrogen functional groups attached to an aromatic ring is 1. The van der Waals surface area contributed by atoms with E-state index in [4.69, 9.17) is 5.73 Å². The molecule has 1 aromatic carbocycles. The molecule has 3 heteroatoms. The number of hydrogen-bond donors (Lipinski definition) is 1. The smallest absolute Gasteiger partial charge is 0.219 e. The Balaban J connectivity index is 2.72. The maximum Gasteiger partial charge on any atom is 0.219 e. The van der Waals surface area contributed by atoms with Crippen LogP contribution in [0.2, 0.25) is 0 Å². The first-order chi connectivity index (χ1) is 6.63. The largest absolute Gasteiger partial charge is 0.399 e. The van der Waals surface area contributed by atoms with Crippen LogP contribution >= 0.6 is 0 Å². The summed E-state index contributed by atoms with van der Waals surface area (Å²) < 4.78 is 0.